The molecule has 1 aromatic rings. The molecule has 0 aliphatic rings. The molecular weight excluding hydrogens is 259 g/mol. The summed E-state index contributed by atoms with van der Waals surface area (Å²) in [6.45, 7) is 1.91. The summed E-state index contributed by atoms with van der Waals surface area (Å²) in [7, 11) is 0. The van der Waals surface area contributed by atoms with E-state index in [-0.39, 0.29) is 25.1 Å². The fourth-order valence-corrected chi connectivity index (χ4v) is 1.62. The Kier molecular flexibility index (Phi) is 6.54. The van der Waals surface area contributed by atoms with Crippen molar-refractivity contribution in [3.63, 3.8) is 0 Å². The number of hydrogen-bond acceptors (Lipinski definition) is 3. The van der Waals surface area contributed by atoms with E-state index in [4.69, 9.17) is 16.9 Å². The van der Waals surface area contributed by atoms with Crippen molar-refractivity contribution in [3.05, 3.63) is 29.6 Å². The van der Waals surface area contributed by atoms with Gasteiger partial charge in [0.1, 0.15) is 11.6 Å². The normalized spacial score (nSPS) is 11.5. The molecule has 0 fully saturated rings. The molecule has 0 saturated heterocycles. The molecule has 1 rings (SSSR count). The molecule has 1 unspecified atom stereocenters. The molecule has 0 aliphatic heterocycles. The van der Waals surface area contributed by atoms with E-state index in [1.165, 1.54) is 12.1 Å². The summed E-state index contributed by atoms with van der Waals surface area (Å²) in [6, 6.07) is 4.31. The number of ether oxygens (including phenoxy) is 1. The van der Waals surface area contributed by atoms with Crippen LogP contribution in [0.3, 0.4) is 0 Å². The second kappa shape index (κ2) is 8.18. The summed E-state index contributed by atoms with van der Waals surface area (Å²) in [4.78, 5) is 11.3. The smallest absolute Gasteiger partial charge is 0.258 e. The zero-order chi connectivity index (χ0) is 15.0. The average Bonchev–Trinajstić information content (AvgIpc) is 2.42. The second-order valence-corrected chi connectivity index (χ2v) is 4.44. The quantitative estimate of drug-likeness (QED) is 0.737. The first-order valence-electron chi connectivity index (χ1n) is 6.43. The number of halogens is 1. The van der Waals surface area contributed by atoms with Crippen molar-refractivity contribution in [1.82, 2.24) is 5.32 Å². The van der Waals surface area contributed by atoms with E-state index in [1.807, 2.05) is 6.92 Å². The molecule has 0 spiro atoms. The number of hydrogen-bond donors (Lipinski definition) is 2. The highest BCUT2D eigenvalue weighted by Crippen LogP contribution is 2.18. The number of benzene rings is 1. The van der Waals surface area contributed by atoms with Crippen LogP contribution in [-0.4, -0.2) is 25.1 Å². The van der Waals surface area contributed by atoms with Gasteiger partial charge in [0.25, 0.3) is 5.91 Å². The first-order valence-corrected chi connectivity index (χ1v) is 6.43. The third-order valence-corrected chi connectivity index (χ3v) is 2.71. The Labute approximate surface area is 118 Å². The highest BCUT2D eigenvalue weighted by Gasteiger charge is 2.07. The fraction of sp³-hybridized carbons (Fsp3) is 0.400. The lowest BCUT2D eigenvalue weighted by Crippen LogP contribution is -2.29. The van der Waals surface area contributed by atoms with Crippen molar-refractivity contribution in [2.75, 3.05) is 13.2 Å². The summed E-state index contributed by atoms with van der Waals surface area (Å²) in [5.41, 5.74) is 6.58. The van der Waals surface area contributed by atoms with Gasteiger partial charge in [-0.3, -0.25) is 4.79 Å². The Balaban J connectivity index is 2.62. The average molecular weight is 278 g/mol. The second-order valence-electron chi connectivity index (χ2n) is 4.44. The summed E-state index contributed by atoms with van der Waals surface area (Å²) >= 11 is 0. The molecule has 20 heavy (non-hydrogen) atoms. The van der Waals surface area contributed by atoms with Crippen LogP contribution >= 0.6 is 0 Å². The van der Waals surface area contributed by atoms with E-state index in [0.29, 0.717) is 12.2 Å². The lowest BCUT2D eigenvalue weighted by atomic mass is 10.0. The summed E-state index contributed by atoms with van der Waals surface area (Å²) in [6.07, 6.45) is 6.39. The molecule has 1 atom stereocenters. The monoisotopic (exact) mass is 278 g/mol. The summed E-state index contributed by atoms with van der Waals surface area (Å²) in [5.74, 6) is 1.83. The largest absolute Gasteiger partial charge is 0.484 e. The van der Waals surface area contributed by atoms with Crippen LogP contribution in [0.2, 0.25) is 0 Å². The van der Waals surface area contributed by atoms with Gasteiger partial charge in [0.2, 0.25) is 0 Å². The van der Waals surface area contributed by atoms with Gasteiger partial charge in [-0.05, 0) is 30.5 Å². The van der Waals surface area contributed by atoms with E-state index in [9.17, 15) is 9.18 Å². The van der Waals surface area contributed by atoms with Gasteiger partial charge in [-0.2, -0.15) is 0 Å². The molecule has 0 bridgehead atoms. The van der Waals surface area contributed by atoms with Gasteiger partial charge >= 0.3 is 0 Å². The maximum Gasteiger partial charge on any atom is 0.258 e. The Bertz CT molecular complexity index is 497. The Morgan fingerprint density at radius 1 is 1.55 bits per heavy atom. The molecule has 4 nitrogen and oxygen atoms in total. The fourth-order valence-electron chi connectivity index (χ4n) is 1.62. The predicted octanol–water partition coefficient (Wildman–Crippen LogP) is 1.23. The van der Waals surface area contributed by atoms with E-state index in [2.05, 4.69) is 11.2 Å². The summed E-state index contributed by atoms with van der Waals surface area (Å²) in [5, 5.41) is 2.46. The number of terminal acetylenes is 1. The van der Waals surface area contributed by atoms with Crippen LogP contribution in [0.5, 0.6) is 5.75 Å². The Hall–Kier alpha value is -2.06. The van der Waals surface area contributed by atoms with Gasteiger partial charge in [0, 0.05) is 12.1 Å². The zero-order valence-electron chi connectivity index (χ0n) is 11.5. The molecule has 0 aliphatic carbocycles. The van der Waals surface area contributed by atoms with Gasteiger partial charge in [-0.25, -0.2) is 4.39 Å². The summed E-state index contributed by atoms with van der Waals surface area (Å²) < 4.78 is 18.7. The standard InChI is InChI=1S/C15H19FN2O2/c1-3-5-18-15(19)10-20-14-8-11(6-12(16)9-14)7-13(17)4-2/h1,6,8-9,13H,4-5,7,10,17H2,2H3,(H,18,19). The van der Waals surface area contributed by atoms with Gasteiger partial charge in [0.05, 0.1) is 6.54 Å². The lowest BCUT2D eigenvalue weighted by Gasteiger charge is -2.11. The molecule has 0 heterocycles. The Morgan fingerprint density at radius 2 is 2.30 bits per heavy atom. The van der Waals surface area contributed by atoms with E-state index in [0.717, 1.165) is 12.0 Å². The number of amides is 1. The minimum atomic E-state index is -0.412. The van der Waals surface area contributed by atoms with Crippen LogP contribution in [0.4, 0.5) is 4.39 Å². The topological polar surface area (TPSA) is 64.3 Å². The van der Waals surface area contributed by atoms with Gasteiger partial charge in [0.15, 0.2) is 6.61 Å². The molecule has 0 radical (unpaired) electrons. The van der Waals surface area contributed by atoms with Crippen molar-refractivity contribution in [2.24, 2.45) is 5.73 Å². The van der Waals surface area contributed by atoms with Gasteiger partial charge < -0.3 is 15.8 Å². The van der Waals surface area contributed by atoms with Crippen molar-refractivity contribution in [3.8, 4) is 18.1 Å². The molecule has 1 aromatic carbocycles. The predicted molar refractivity (Wildman–Crippen MR) is 75.7 cm³/mol. The first kappa shape index (κ1) is 16.0. The zero-order valence-corrected chi connectivity index (χ0v) is 11.5. The van der Waals surface area contributed by atoms with Crippen LogP contribution in [0.15, 0.2) is 18.2 Å². The molecule has 0 saturated carbocycles. The first-order chi connectivity index (χ1) is 9.55. The highest BCUT2D eigenvalue weighted by molar-refractivity contribution is 5.77. The van der Waals surface area contributed by atoms with E-state index < -0.39 is 5.82 Å². The molecular formula is C15H19FN2O2. The highest BCUT2D eigenvalue weighted by atomic mass is 19.1. The number of rotatable bonds is 7. The van der Waals surface area contributed by atoms with Crippen molar-refractivity contribution >= 4 is 5.91 Å². The van der Waals surface area contributed by atoms with Crippen LogP contribution in [0.25, 0.3) is 0 Å². The SMILES string of the molecule is C#CCNC(=O)COc1cc(F)cc(CC(N)CC)c1. The Morgan fingerprint density at radius 3 is 2.95 bits per heavy atom. The van der Waals surface area contributed by atoms with E-state index >= 15 is 0 Å². The van der Waals surface area contributed by atoms with Crippen molar-refractivity contribution < 1.29 is 13.9 Å². The van der Waals surface area contributed by atoms with Gasteiger partial charge in [-0.15, -0.1) is 6.42 Å². The van der Waals surface area contributed by atoms with Crippen LogP contribution in [0, 0.1) is 18.2 Å². The van der Waals surface area contributed by atoms with Crippen LogP contribution in [-0.2, 0) is 11.2 Å². The maximum absolute atomic E-state index is 13.5. The van der Waals surface area contributed by atoms with Crippen molar-refractivity contribution in [2.45, 2.75) is 25.8 Å². The minimum absolute atomic E-state index is 0.0245. The number of carbonyl (C=O) groups is 1. The number of nitrogens with two attached hydrogens (primary N) is 1. The lowest BCUT2D eigenvalue weighted by molar-refractivity contribution is -0.122. The van der Waals surface area contributed by atoms with Crippen LogP contribution < -0.4 is 15.8 Å². The molecule has 5 heteroatoms. The molecule has 108 valence electrons. The van der Waals surface area contributed by atoms with E-state index in [1.54, 1.807) is 6.07 Å². The van der Waals surface area contributed by atoms with Gasteiger partial charge in [-0.1, -0.05) is 12.8 Å². The maximum atomic E-state index is 13.5. The molecule has 1 amide bonds. The number of nitrogens with one attached hydrogen (secondary N) is 1. The molecule has 0 aromatic heterocycles. The minimum Gasteiger partial charge on any atom is -0.484 e. The van der Waals surface area contributed by atoms with Crippen LogP contribution in [0.1, 0.15) is 18.9 Å². The number of carbonyl (C=O) groups excluding carboxylic acids is 1. The third-order valence-electron chi connectivity index (χ3n) is 2.71. The third kappa shape index (κ3) is 5.72. The molecule has 3 N–H and O–H groups in total. The van der Waals surface area contributed by atoms with Crippen molar-refractivity contribution in [1.29, 1.82) is 0 Å².